The summed E-state index contributed by atoms with van der Waals surface area (Å²) in [4.78, 5) is 17.8. The van der Waals surface area contributed by atoms with Gasteiger partial charge in [0.15, 0.2) is 17.3 Å². The number of carbonyl (C=O) groups excluding carboxylic acids is 1. The number of benzene rings is 2. The summed E-state index contributed by atoms with van der Waals surface area (Å²) in [6.07, 6.45) is 4.77. The fourth-order valence-corrected chi connectivity index (χ4v) is 4.69. The number of carbonyl (C=O) groups is 1. The van der Waals surface area contributed by atoms with Gasteiger partial charge in [0.25, 0.3) is 0 Å². The molecule has 2 atom stereocenters. The van der Waals surface area contributed by atoms with Gasteiger partial charge in [0.1, 0.15) is 0 Å². The summed E-state index contributed by atoms with van der Waals surface area (Å²) in [7, 11) is 0. The highest BCUT2D eigenvalue weighted by Crippen LogP contribution is 2.45. The molecule has 154 valence electrons. The number of hydrogen-bond acceptors (Lipinski definition) is 6. The van der Waals surface area contributed by atoms with E-state index in [0.29, 0.717) is 6.42 Å². The Hall–Kier alpha value is -3.80. The minimum Gasteiger partial charge on any atom is -0.454 e. The Morgan fingerprint density at radius 1 is 0.903 bits per heavy atom. The number of fused-ring (bicyclic) bond motifs is 2. The molecule has 3 aliphatic rings. The molecule has 1 aromatic heterocycles. The summed E-state index contributed by atoms with van der Waals surface area (Å²) < 4.78 is 11.0. The summed E-state index contributed by atoms with van der Waals surface area (Å²) in [5.74, 6) is 1.73. The van der Waals surface area contributed by atoms with E-state index in [-0.39, 0.29) is 24.5 Å². The number of allylic oxidation sites excluding steroid dienone is 1. The van der Waals surface area contributed by atoms with Gasteiger partial charge < -0.3 is 20.1 Å². The van der Waals surface area contributed by atoms with Crippen LogP contribution in [0.3, 0.4) is 0 Å². The van der Waals surface area contributed by atoms with Crippen LogP contribution in [0.1, 0.15) is 35.9 Å². The Morgan fingerprint density at radius 3 is 2.65 bits per heavy atom. The van der Waals surface area contributed by atoms with Crippen LogP contribution in [0.4, 0.5) is 11.4 Å². The number of aromatic nitrogens is 1. The van der Waals surface area contributed by atoms with Crippen LogP contribution in [0.15, 0.2) is 78.3 Å². The first-order valence-corrected chi connectivity index (χ1v) is 10.4. The average Bonchev–Trinajstić information content (AvgIpc) is 3.20. The molecule has 0 radical (unpaired) electrons. The van der Waals surface area contributed by atoms with Gasteiger partial charge in [-0.15, -0.1) is 0 Å². The van der Waals surface area contributed by atoms with E-state index in [1.807, 2.05) is 60.8 Å². The van der Waals surface area contributed by atoms with Crippen LogP contribution in [0.5, 0.6) is 11.5 Å². The third-order valence-electron chi connectivity index (χ3n) is 6.19. The van der Waals surface area contributed by atoms with Crippen molar-refractivity contribution in [3.05, 3.63) is 89.4 Å². The number of ketones is 1. The molecule has 0 bridgehead atoms. The summed E-state index contributed by atoms with van der Waals surface area (Å²) in [5.41, 5.74) is 5.77. The van der Waals surface area contributed by atoms with Gasteiger partial charge in [-0.1, -0.05) is 24.3 Å². The molecule has 6 heteroatoms. The molecule has 0 fully saturated rings. The van der Waals surface area contributed by atoms with Gasteiger partial charge >= 0.3 is 0 Å². The molecular weight excluding hydrogens is 390 g/mol. The van der Waals surface area contributed by atoms with Crippen LogP contribution in [0, 0.1) is 0 Å². The van der Waals surface area contributed by atoms with Crippen molar-refractivity contribution in [2.24, 2.45) is 0 Å². The van der Waals surface area contributed by atoms with Crippen LogP contribution in [0.2, 0.25) is 0 Å². The van der Waals surface area contributed by atoms with E-state index in [1.165, 1.54) is 0 Å². The first kappa shape index (κ1) is 18.0. The third kappa shape index (κ3) is 3.11. The maximum absolute atomic E-state index is 13.5. The molecule has 6 rings (SSSR count). The monoisotopic (exact) mass is 411 g/mol. The first-order valence-electron chi connectivity index (χ1n) is 10.4. The normalized spacial score (nSPS) is 21.5. The van der Waals surface area contributed by atoms with Crippen molar-refractivity contribution >= 4 is 17.2 Å². The van der Waals surface area contributed by atoms with Crippen molar-refractivity contribution in [1.82, 2.24) is 4.98 Å². The topological polar surface area (TPSA) is 72.5 Å². The standard InChI is InChI=1S/C25H21N3O3/c29-21-11-17(15-7-8-22-23(12-15)31-14-30-22)10-20-24(21)25(16-4-3-9-26-13-16)28-19-6-2-1-5-18(19)27-20/h1-9,12-13,17,25,27-28H,10-11,14H2/t17-,25+/m1/s1. The van der Waals surface area contributed by atoms with E-state index < -0.39 is 0 Å². The molecular formula is C25H21N3O3. The number of hydrogen-bond donors (Lipinski definition) is 2. The predicted molar refractivity (Wildman–Crippen MR) is 117 cm³/mol. The largest absolute Gasteiger partial charge is 0.454 e. The number of nitrogens with one attached hydrogen (secondary N) is 2. The van der Waals surface area contributed by atoms with Gasteiger partial charge in [0, 0.05) is 30.1 Å². The van der Waals surface area contributed by atoms with E-state index in [2.05, 4.69) is 15.6 Å². The van der Waals surface area contributed by atoms with Crippen LogP contribution >= 0.6 is 0 Å². The van der Waals surface area contributed by atoms with Gasteiger partial charge in [-0.2, -0.15) is 0 Å². The van der Waals surface area contributed by atoms with Gasteiger partial charge in [0.05, 0.1) is 17.4 Å². The van der Waals surface area contributed by atoms with E-state index in [0.717, 1.165) is 51.7 Å². The maximum Gasteiger partial charge on any atom is 0.231 e. The van der Waals surface area contributed by atoms with Crippen molar-refractivity contribution < 1.29 is 14.3 Å². The molecule has 2 N–H and O–H groups in total. The first-order chi connectivity index (χ1) is 15.3. The number of para-hydroxylation sites is 2. The number of nitrogens with zero attached hydrogens (tertiary/aromatic N) is 1. The summed E-state index contributed by atoms with van der Waals surface area (Å²) in [6, 6.07) is 17.7. The fraction of sp³-hybridized carbons (Fsp3) is 0.200. The lowest BCUT2D eigenvalue weighted by atomic mass is 9.78. The smallest absolute Gasteiger partial charge is 0.231 e. The van der Waals surface area contributed by atoms with Crippen molar-refractivity contribution in [2.45, 2.75) is 24.8 Å². The van der Waals surface area contributed by atoms with Crippen LogP contribution in [-0.2, 0) is 4.79 Å². The molecule has 0 saturated heterocycles. The Labute approximate surface area is 179 Å². The van der Waals surface area contributed by atoms with Crippen molar-refractivity contribution in [3.8, 4) is 11.5 Å². The average molecular weight is 411 g/mol. The molecule has 0 spiro atoms. The van der Waals surface area contributed by atoms with Gasteiger partial charge in [-0.05, 0) is 53.8 Å². The maximum atomic E-state index is 13.5. The molecule has 2 aliphatic heterocycles. The lowest BCUT2D eigenvalue weighted by Gasteiger charge is -2.29. The lowest BCUT2D eigenvalue weighted by molar-refractivity contribution is -0.116. The van der Waals surface area contributed by atoms with E-state index in [1.54, 1.807) is 6.20 Å². The number of rotatable bonds is 2. The lowest BCUT2D eigenvalue weighted by Crippen LogP contribution is -2.26. The van der Waals surface area contributed by atoms with Crippen LogP contribution in [0.25, 0.3) is 0 Å². The number of ether oxygens (including phenoxy) is 2. The van der Waals surface area contributed by atoms with Crippen molar-refractivity contribution in [2.75, 3.05) is 17.4 Å². The second kappa shape index (κ2) is 7.16. The van der Waals surface area contributed by atoms with E-state index in [4.69, 9.17) is 9.47 Å². The Kier molecular flexibility index (Phi) is 4.16. The summed E-state index contributed by atoms with van der Waals surface area (Å²) >= 11 is 0. The zero-order valence-electron chi connectivity index (χ0n) is 16.8. The number of Topliss-reactive ketones (excluding diaryl/α,β-unsaturated/α-hetero) is 1. The quantitative estimate of drug-likeness (QED) is 0.632. The molecule has 2 aromatic carbocycles. The van der Waals surface area contributed by atoms with Gasteiger partial charge in [-0.3, -0.25) is 9.78 Å². The zero-order chi connectivity index (χ0) is 20.8. The summed E-state index contributed by atoms with van der Waals surface area (Å²) in [5, 5.41) is 7.14. The predicted octanol–water partition coefficient (Wildman–Crippen LogP) is 4.79. The SMILES string of the molecule is O=C1C[C@H](c2ccc3c(c2)OCO3)CC2=C1[C@H](c1cccnc1)Nc1ccccc1N2. The highest BCUT2D eigenvalue weighted by molar-refractivity contribution is 6.01. The van der Waals surface area contributed by atoms with Crippen molar-refractivity contribution in [1.29, 1.82) is 0 Å². The third-order valence-corrected chi connectivity index (χ3v) is 6.19. The molecule has 3 aromatic rings. The highest BCUT2D eigenvalue weighted by atomic mass is 16.7. The second-order valence-electron chi connectivity index (χ2n) is 8.07. The van der Waals surface area contributed by atoms with Crippen molar-refractivity contribution in [3.63, 3.8) is 0 Å². The molecule has 0 unspecified atom stereocenters. The van der Waals surface area contributed by atoms with Gasteiger partial charge in [0.2, 0.25) is 6.79 Å². The molecule has 3 heterocycles. The molecule has 0 amide bonds. The Bertz CT molecular complexity index is 1210. The van der Waals surface area contributed by atoms with Crippen LogP contribution in [-0.4, -0.2) is 17.6 Å². The van der Waals surface area contributed by atoms with E-state index in [9.17, 15) is 4.79 Å². The molecule has 0 saturated carbocycles. The Balaban J connectivity index is 1.43. The number of pyridine rings is 1. The fourth-order valence-electron chi connectivity index (χ4n) is 4.69. The van der Waals surface area contributed by atoms with Gasteiger partial charge in [-0.25, -0.2) is 0 Å². The zero-order valence-corrected chi connectivity index (χ0v) is 16.8. The molecule has 1 aliphatic carbocycles. The minimum absolute atomic E-state index is 0.0769. The van der Waals surface area contributed by atoms with Crippen LogP contribution < -0.4 is 20.1 Å². The summed E-state index contributed by atoms with van der Waals surface area (Å²) in [6.45, 7) is 0.245. The molecule has 6 nitrogen and oxygen atoms in total. The number of anilines is 2. The molecule has 31 heavy (non-hydrogen) atoms. The minimum atomic E-state index is -0.245. The highest BCUT2D eigenvalue weighted by Gasteiger charge is 2.36. The Morgan fingerprint density at radius 2 is 1.77 bits per heavy atom. The second-order valence-corrected chi connectivity index (χ2v) is 8.07. The van der Waals surface area contributed by atoms with E-state index >= 15 is 0 Å².